The Bertz CT molecular complexity index is 884. The minimum absolute atomic E-state index is 0.147. The zero-order valence-electron chi connectivity index (χ0n) is 12.4. The first-order valence-electron chi connectivity index (χ1n) is 6.99. The maximum atomic E-state index is 12.2. The van der Waals surface area contributed by atoms with Crippen molar-refractivity contribution >= 4 is 11.6 Å². The molecule has 2 aromatic heterocycles. The number of aryl methyl sites for hydroxylation is 1. The molecule has 1 aromatic carbocycles. The number of nitrogens with one attached hydrogen (secondary N) is 1. The van der Waals surface area contributed by atoms with Crippen LogP contribution in [-0.4, -0.2) is 20.6 Å². The van der Waals surface area contributed by atoms with Crippen LogP contribution in [0.3, 0.4) is 0 Å². The molecule has 0 unspecified atom stereocenters. The van der Waals surface area contributed by atoms with Crippen LogP contribution in [0.1, 0.15) is 5.82 Å². The van der Waals surface area contributed by atoms with E-state index in [1.807, 2.05) is 18.2 Å². The lowest BCUT2D eigenvalue weighted by Gasteiger charge is -2.10. The normalized spacial score (nSPS) is 10.5. The van der Waals surface area contributed by atoms with Gasteiger partial charge in [0, 0.05) is 11.8 Å². The zero-order chi connectivity index (χ0) is 16.2. The molecule has 1 amide bonds. The van der Waals surface area contributed by atoms with Gasteiger partial charge in [-0.2, -0.15) is 4.98 Å². The first kappa shape index (κ1) is 14.7. The van der Waals surface area contributed by atoms with Gasteiger partial charge in [-0.15, -0.1) is 0 Å². The second-order valence-electron chi connectivity index (χ2n) is 4.90. The molecule has 116 valence electrons. The number of pyridine rings is 1. The fourth-order valence-electron chi connectivity index (χ4n) is 2.14. The van der Waals surface area contributed by atoms with Crippen molar-refractivity contribution in [3.05, 3.63) is 64.7 Å². The van der Waals surface area contributed by atoms with Crippen LogP contribution >= 0.6 is 0 Å². The first-order chi connectivity index (χ1) is 11.1. The first-order valence-corrected chi connectivity index (χ1v) is 6.99. The van der Waals surface area contributed by atoms with Gasteiger partial charge in [0.1, 0.15) is 12.2 Å². The van der Waals surface area contributed by atoms with Crippen LogP contribution < -0.4 is 10.9 Å². The van der Waals surface area contributed by atoms with E-state index in [0.717, 1.165) is 0 Å². The van der Waals surface area contributed by atoms with E-state index in [0.29, 0.717) is 17.2 Å². The van der Waals surface area contributed by atoms with Gasteiger partial charge in [0.05, 0.1) is 0 Å². The standard InChI is InChI=1S/C16H14N4O3/c1-11-17-16(23-19-11)13-8-5-9-15(22)20(13)10-14(21)18-12-6-3-2-4-7-12/h2-9H,10H2,1H3,(H,18,21). The zero-order valence-corrected chi connectivity index (χ0v) is 12.4. The van der Waals surface area contributed by atoms with Gasteiger partial charge in [0.25, 0.3) is 11.4 Å². The largest absolute Gasteiger partial charge is 0.332 e. The van der Waals surface area contributed by atoms with E-state index in [9.17, 15) is 9.59 Å². The summed E-state index contributed by atoms with van der Waals surface area (Å²) in [5.41, 5.74) is 0.750. The molecule has 0 aliphatic carbocycles. The average molecular weight is 310 g/mol. The Labute approximate surface area is 131 Å². The summed E-state index contributed by atoms with van der Waals surface area (Å²) in [4.78, 5) is 28.4. The Morgan fingerprint density at radius 2 is 1.96 bits per heavy atom. The van der Waals surface area contributed by atoms with Crippen molar-refractivity contribution in [1.29, 1.82) is 0 Å². The number of carbonyl (C=O) groups is 1. The lowest BCUT2D eigenvalue weighted by Crippen LogP contribution is -2.28. The monoisotopic (exact) mass is 310 g/mol. The number of rotatable bonds is 4. The van der Waals surface area contributed by atoms with E-state index >= 15 is 0 Å². The van der Waals surface area contributed by atoms with E-state index in [2.05, 4.69) is 15.5 Å². The molecule has 0 radical (unpaired) electrons. The number of anilines is 1. The van der Waals surface area contributed by atoms with Crippen LogP contribution in [0.25, 0.3) is 11.6 Å². The maximum absolute atomic E-state index is 12.2. The van der Waals surface area contributed by atoms with Crippen molar-refractivity contribution in [2.45, 2.75) is 13.5 Å². The van der Waals surface area contributed by atoms with Crippen molar-refractivity contribution in [2.24, 2.45) is 0 Å². The predicted molar refractivity (Wildman–Crippen MR) is 83.8 cm³/mol. The summed E-state index contributed by atoms with van der Waals surface area (Å²) in [6.45, 7) is 1.53. The Morgan fingerprint density at radius 1 is 1.17 bits per heavy atom. The van der Waals surface area contributed by atoms with Crippen molar-refractivity contribution in [2.75, 3.05) is 5.32 Å². The summed E-state index contributed by atoms with van der Waals surface area (Å²) in [5.74, 6) is 0.339. The molecule has 0 saturated heterocycles. The third-order valence-electron chi connectivity index (χ3n) is 3.16. The molecule has 7 nitrogen and oxygen atoms in total. The van der Waals surface area contributed by atoms with Gasteiger partial charge in [-0.1, -0.05) is 29.4 Å². The number of hydrogen-bond acceptors (Lipinski definition) is 5. The van der Waals surface area contributed by atoms with E-state index in [1.165, 1.54) is 10.6 Å². The molecule has 0 fully saturated rings. The highest BCUT2D eigenvalue weighted by atomic mass is 16.5. The van der Waals surface area contributed by atoms with Gasteiger partial charge in [-0.25, -0.2) is 0 Å². The Hall–Kier alpha value is -3.22. The van der Waals surface area contributed by atoms with Gasteiger partial charge in [-0.3, -0.25) is 14.2 Å². The van der Waals surface area contributed by atoms with Gasteiger partial charge >= 0.3 is 0 Å². The number of amides is 1. The molecule has 0 aliphatic rings. The van der Waals surface area contributed by atoms with Crippen LogP contribution in [0.5, 0.6) is 0 Å². The molecular weight excluding hydrogens is 296 g/mol. The molecule has 0 saturated carbocycles. The third-order valence-corrected chi connectivity index (χ3v) is 3.16. The lowest BCUT2D eigenvalue weighted by atomic mass is 10.3. The molecule has 0 aliphatic heterocycles. The summed E-state index contributed by atoms with van der Waals surface area (Å²) in [6, 6.07) is 13.7. The number of para-hydroxylation sites is 1. The topological polar surface area (TPSA) is 90.0 Å². The molecule has 3 aromatic rings. The highest BCUT2D eigenvalue weighted by molar-refractivity contribution is 5.90. The second-order valence-corrected chi connectivity index (χ2v) is 4.90. The summed E-state index contributed by atoms with van der Waals surface area (Å²) < 4.78 is 6.39. The van der Waals surface area contributed by atoms with Crippen molar-refractivity contribution in [3.8, 4) is 11.6 Å². The molecular formula is C16H14N4O3. The number of benzene rings is 1. The van der Waals surface area contributed by atoms with Crippen LogP contribution in [0.4, 0.5) is 5.69 Å². The fourth-order valence-corrected chi connectivity index (χ4v) is 2.14. The summed E-state index contributed by atoms with van der Waals surface area (Å²) in [6.07, 6.45) is 0. The second kappa shape index (κ2) is 6.27. The van der Waals surface area contributed by atoms with Gasteiger partial charge in [-0.05, 0) is 25.1 Å². The number of aromatic nitrogens is 3. The molecule has 3 rings (SSSR count). The SMILES string of the molecule is Cc1noc(-c2cccc(=O)n2CC(=O)Nc2ccccc2)n1. The number of carbonyl (C=O) groups excluding carboxylic acids is 1. The van der Waals surface area contributed by atoms with Crippen LogP contribution in [0.15, 0.2) is 57.8 Å². The highest BCUT2D eigenvalue weighted by Gasteiger charge is 2.15. The minimum atomic E-state index is -0.318. The summed E-state index contributed by atoms with van der Waals surface area (Å²) in [7, 11) is 0. The molecule has 7 heteroatoms. The van der Waals surface area contributed by atoms with E-state index in [-0.39, 0.29) is 23.9 Å². The predicted octanol–water partition coefficient (Wildman–Crippen LogP) is 1.85. The molecule has 0 spiro atoms. The molecule has 0 bridgehead atoms. The maximum Gasteiger partial charge on any atom is 0.274 e. The van der Waals surface area contributed by atoms with Crippen molar-refractivity contribution < 1.29 is 9.32 Å². The Kier molecular flexibility index (Phi) is 4.01. The Balaban J connectivity index is 1.88. The molecule has 0 atom stereocenters. The quantitative estimate of drug-likeness (QED) is 0.794. The van der Waals surface area contributed by atoms with Crippen molar-refractivity contribution in [3.63, 3.8) is 0 Å². The summed E-state index contributed by atoms with van der Waals surface area (Å²) in [5, 5.41) is 6.44. The molecule has 23 heavy (non-hydrogen) atoms. The summed E-state index contributed by atoms with van der Waals surface area (Å²) >= 11 is 0. The molecule has 2 heterocycles. The fraction of sp³-hybridized carbons (Fsp3) is 0.125. The molecule has 1 N–H and O–H groups in total. The lowest BCUT2D eigenvalue weighted by molar-refractivity contribution is -0.116. The smallest absolute Gasteiger partial charge is 0.274 e. The highest BCUT2D eigenvalue weighted by Crippen LogP contribution is 2.15. The van der Waals surface area contributed by atoms with Crippen molar-refractivity contribution in [1.82, 2.24) is 14.7 Å². The van der Waals surface area contributed by atoms with Gasteiger partial charge in [0.2, 0.25) is 5.91 Å². The Morgan fingerprint density at radius 3 is 2.65 bits per heavy atom. The van der Waals surface area contributed by atoms with E-state index in [1.54, 1.807) is 31.2 Å². The number of hydrogen-bond donors (Lipinski definition) is 1. The van der Waals surface area contributed by atoms with Crippen LogP contribution in [-0.2, 0) is 11.3 Å². The third kappa shape index (κ3) is 3.34. The minimum Gasteiger partial charge on any atom is -0.332 e. The van der Waals surface area contributed by atoms with Crippen LogP contribution in [0, 0.1) is 6.92 Å². The van der Waals surface area contributed by atoms with E-state index < -0.39 is 0 Å². The van der Waals surface area contributed by atoms with Gasteiger partial charge in [0.15, 0.2) is 5.82 Å². The average Bonchev–Trinajstić information content (AvgIpc) is 2.96. The van der Waals surface area contributed by atoms with E-state index in [4.69, 9.17) is 4.52 Å². The van der Waals surface area contributed by atoms with Crippen LogP contribution in [0.2, 0.25) is 0 Å². The number of nitrogens with zero attached hydrogens (tertiary/aromatic N) is 3. The van der Waals surface area contributed by atoms with Gasteiger partial charge < -0.3 is 9.84 Å².